The van der Waals surface area contributed by atoms with E-state index >= 15 is 0 Å². The average molecular weight is 315 g/mol. The van der Waals surface area contributed by atoms with Gasteiger partial charge in [0.2, 0.25) is 5.69 Å². The minimum atomic E-state index is 0. The first-order chi connectivity index (χ1) is 8.20. The molecule has 0 aliphatic heterocycles. The maximum atomic E-state index is 2.42. The summed E-state index contributed by atoms with van der Waals surface area (Å²) < 4.78 is 2.42. The van der Waals surface area contributed by atoms with E-state index in [9.17, 15) is 0 Å². The summed E-state index contributed by atoms with van der Waals surface area (Å²) in [6, 6.07) is 4.37. The van der Waals surface area contributed by atoms with Gasteiger partial charge in [-0.1, -0.05) is 26.7 Å². The number of aromatic nitrogens is 1. The molecule has 0 bridgehead atoms. The molecule has 0 atom stereocenters. The molecule has 3 heteroatoms. The Morgan fingerprint density at radius 1 is 1.11 bits per heavy atom. The predicted octanol–water partition coefficient (Wildman–Crippen LogP) is 0.187. The second-order valence-electron chi connectivity index (χ2n) is 4.84. The number of pyridine rings is 1. The molecule has 2 nitrogen and oxygen atoms in total. The zero-order chi connectivity index (χ0) is 12.7. The van der Waals surface area contributed by atoms with Gasteiger partial charge in [0.15, 0.2) is 6.20 Å². The van der Waals surface area contributed by atoms with E-state index in [1.165, 1.54) is 37.1 Å². The quantitative estimate of drug-likeness (QED) is 0.515. The first-order valence-electron chi connectivity index (χ1n) is 6.89. The van der Waals surface area contributed by atoms with E-state index in [0.29, 0.717) is 0 Å². The molecular formula is C15H27BrN2. The van der Waals surface area contributed by atoms with Crippen molar-refractivity contribution in [3.8, 4) is 0 Å². The van der Waals surface area contributed by atoms with Crippen LogP contribution in [0.3, 0.4) is 0 Å². The standard InChI is InChI=1S/C15H27N2.BrH/c1-5-7-8-9-12-17-13-10-11-15(16(3)4)14(17)6-2;/h10-11,13H,5-9,12H2,1-4H3;1H/q+1;/p-1. The minimum absolute atomic E-state index is 0. The molecular weight excluding hydrogens is 288 g/mol. The highest BCUT2D eigenvalue weighted by molar-refractivity contribution is 5.46. The summed E-state index contributed by atoms with van der Waals surface area (Å²) in [6.45, 7) is 5.66. The smallest absolute Gasteiger partial charge is 0.204 e. The largest absolute Gasteiger partial charge is 1.00 e. The molecule has 0 aliphatic rings. The lowest BCUT2D eigenvalue weighted by Crippen LogP contribution is -3.00. The third-order valence-corrected chi connectivity index (χ3v) is 3.23. The summed E-state index contributed by atoms with van der Waals surface area (Å²) >= 11 is 0. The zero-order valence-electron chi connectivity index (χ0n) is 12.2. The highest BCUT2D eigenvalue weighted by Gasteiger charge is 2.14. The monoisotopic (exact) mass is 314 g/mol. The summed E-state index contributed by atoms with van der Waals surface area (Å²) in [5.74, 6) is 0. The maximum absolute atomic E-state index is 2.42. The highest BCUT2D eigenvalue weighted by Crippen LogP contribution is 2.14. The normalized spacial score (nSPS) is 10.0. The Labute approximate surface area is 123 Å². The van der Waals surface area contributed by atoms with Crippen LogP contribution in [0.2, 0.25) is 0 Å². The second-order valence-corrected chi connectivity index (χ2v) is 4.84. The van der Waals surface area contributed by atoms with Gasteiger partial charge in [-0.3, -0.25) is 0 Å². The molecule has 0 unspecified atom stereocenters. The Morgan fingerprint density at radius 2 is 1.83 bits per heavy atom. The van der Waals surface area contributed by atoms with Crippen LogP contribution in [0, 0.1) is 0 Å². The number of hydrogen-bond acceptors (Lipinski definition) is 1. The van der Waals surface area contributed by atoms with Crippen molar-refractivity contribution in [1.29, 1.82) is 0 Å². The molecule has 1 aromatic rings. The molecule has 1 rings (SSSR count). The molecule has 0 amide bonds. The van der Waals surface area contributed by atoms with E-state index in [-0.39, 0.29) is 17.0 Å². The topological polar surface area (TPSA) is 7.12 Å². The molecule has 0 N–H and O–H groups in total. The van der Waals surface area contributed by atoms with Gasteiger partial charge in [-0.2, -0.15) is 0 Å². The fourth-order valence-corrected chi connectivity index (χ4v) is 2.28. The SMILES string of the molecule is CCCCCC[n+]1cccc(N(C)C)c1CC.[Br-]. The van der Waals surface area contributed by atoms with Gasteiger partial charge in [-0.15, -0.1) is 0 Å². The van der Waals surface area contributed by atoms with Crippen LogP contribution in [-0.2, 0) is 13.0 Å². The summed E-state index contributed by atoms with van der Waals surface area (Å²) in [5.41, 5.74) is 2.81. The van der Waals surface area contributed by atoms with Crippen LogP contribution in [0.5, 0.6) is 0 Å². The molecule has 0 spiro atoms. The van der Waals surface area contributed by atoms with Gasteiger partial charge >= 0.3 is 0 Å². The van der Waals surface area contributed by atoms with Gasteiger partial charge < -0.3 is 21.9 Å². The van der Waals surface area contributed by atoms with Gasteiger partial charge in [0.25, 0.3) is 0 Å². The van der Waals surface area contributed by atoms with Crippen LogP contribution >= 0.6 is 0 Å². The van der Waals surface area contributed by atoms with E-state index in [0.717, 1.165) is 13.0 Å². The van der Waals surface area contributed by atoms with Crippen LogP contribution in [0.25, 0.3) is 0 Å². The lowest BCUT2D eigenvalue weighted by molar-refractivity contribution is -0.703. The summed E-state index contributed by atoms with van der Waals surface area (Å²) in [4.78, 5) is 2.21. The van der Waals surface area contributed by atoms with Gasteiger partial charge in [-0.05, 0) is 12.5 Å². The Hall–Kier alpha value is -0.570. The van der Waals surface area contributed by atoms with Crippen molar-refractivity contribution >= 4 is 5.69 Å². The highest BCUT2D eigenvalue weighted by atomic mass is 79.9. The lowest BCUT2D eigenvalue weighted by atomic mass is 10.2. The summed E-state index contributed by atoms with van der Waals surface area (Å²) in [7, 11) is 4.24. The molecule has 0 aliphatic carbocycles. The molecule has 1 aromatic heterocycles. The average Bonchev–Trinajstić information content (AvgIpc) is 2.34. The Balaban J connectivity index is 0.00000289. The fraction of sp³-hybridized carbons (Fsp3) is 0.667. The fourth-order valence-electron chi connectivity index (χ4n) is 2.28. The van der Waals surface area contributed by atoms with Crippen molar-refractivity contribution in [2.24, 2.45) is 0 Å². The van der Waals surface area contributed by atoms with E-state index in [1.54, 1.807) is 0 Å². The number of nitrogens with zero attached hydrogens (tertiary/aromatic N) is 2. The second kappa shape index (κ2) is 9.37. The number of anilines is 1. The molecule has 0 saturated carbocycles. The van der Waals surface area contributed by atoms with Gasteiger partial charge in [0.05, 0.1) is 0 Å². The van der Waals surface area contributed by atoms with Gasteiger partial charge in [-0.25, -0.2) is 4.57 Å². The Kier molecular flexibility index (Phi) is 9.08. The van der Waals surface area contributed by atoms with E-state index < -0.39 is 0 Å². The first-order valence-corrected chi connectivity index (χ1v) is 6.89. The number of aryl methyl sites for hydroxylation is 1. The van der Waals surface area contributed by atoms with Crippen molar-refractivity contribution in [3.05, 3.63) is 24.0 Å². The van der Waals surface area contributed by atoms with E-state index in [4.69, 9.17) is 0 Å². The van der Waals surface area contributed by atoms with Crippen molar-refractivity contribution in [2.75, 3.05) is 19.0 Å². The van der Waals surface area contributed by atoms with Crippen LogP contribution in [0.4, 0.5) is 5.69 Å². The van der Waals surface area contributed by atoms with Crippen LogP contribution in [-0.4, -0.2) is 14.1 Å². The van der Waals surface area contributed by atoms with Gasteiger partial charge in [0, 0.05) is 33.0 Å². The Morgan fingerprint density at radius 3 is 2.39 bits per heavy atom. The lowest BCUT2D eigenvalue weighted by Gasteiger charge is -2.15. The molecule has 18 heavy (non-hydrogen) atoms. The molecule has 104 valence electrons. The summed E-state index contributed by atoms with van der Waals surface area (Å²) in [6.07, 6.45) is 8.62. The predicted molar refractivity (Wildman–Crippen MR) is 74.5 cm³/mol. The number of rotatable bonds is 7. The Bertz CT molecular complexity index is 337. The van der Waals surface area contributed by atoms with Crippen molar-refractivity contribution < 1.29 is 21.5 Å². The van der Waals surface area contributed by atoms with E-state index in [2.05, 4.69) is 55.7 Å². The first kappa shape index (κ1) is 17.4. The molecule has 1 heterocycles. The van der Waals surface area contributed by atoms with E-state index in [1.807, 2.05) is 0 Å². The number of halogens is 1. The minimum Gasteiger partial charge on any atom is -1.00 e. The third-order valence-electron chi connectivity index (χ3n) is 3.23. The number of hydrogen-bond donors (Lipinski definition) is 0. The van der Waals surface area contributed by atoms with Crippen molar-refractivity contribution in [3.63, 3.8) is 0 Å². The molecule has 0 radical (unpaired) electrons. The zero-order valence-corrected chi connectivity index (χ0v) is 13.8. The van der Waals surface area contributed by atoms with Crippen molar-refractivity contribution in [2.45, 2.75) is 52.5 Å². The van der Waals surface area contributed by atoms with Crippen LogP contribution < -0.4 is 26.4 Å². The summed E-state index contributed by atoms with van der Waals surface area (Å²) in [5, 5.41) is 0. The van der Waals surface area contributed by atoms with Gasteiger partial charge in [0.1, 0.15) is 12.2 Å². The molecule has 0 aromatic carbocycles. The maximum Gasteiger partial charge on any atom is 0.204 e. The molecule has 0 saturated heterocycles. The van der Waals surface area contributed by atoms with Crippen LogP contribution in [0.15, 0.2) is 18.3 Å². The third kappa shape index (κ3) is 4.97. The number of unbranched alkanes of at least 4 members (excludes halogenated alkanes) is 3. The van der Waals surface area contributed by atoms with Crippen molar-refractivity contribution in [1.82, 2.24) is 0 Å². The molecule has 0 fully saturated rings. The van der Waals surface area contributed by atoms with Crippen LogP contribution in [0.1, 0.15) is 45.2 Å².